The summed E-state index contributed by atoms with van der Waals surface area (Å²) in [6.45, 7) is 3.11. The van der Waals surface area contributed by atoms with Crippen LogP contribution in [0.2, 0.25) is 0 Å². The van der Waals surface area contributed by atoms with E-state index in [0.717, 1.165) is 12.7 Å². The van der Waals surface area contributed by atoms with E-state index >= 15 is 0 Å². The zero-order valence-electron chi connectivity index (χ0n) is 22.4. The van der Waals surface area contributed by atoms with Gasteiger partial charge in [0.2, 0.25) is 17.7 Å². The molecule has 2 unspecified atom stereocenters. The van der Waals surface area contributed by atoms with Crippen molar-refractivity contribution in [2.24, 2.45) is 0 Å². The fourth-order valence-electron chi connectivity index (χ4n) is 3.00. The van der Waals surface area contributed by atoms with E-state index in [1.807, 2.05) is 0 Å². The standard InChI is InChI=1S/C25H36N4O10/c1-25(2,3)39-24(37)29-18(10-7-15-5-8-16(31)9-6-15)23(36)28-19(14-30)22(35)27-13-20(33)26-12-17(32)11-21(34)38-4/h5-6,8-9,18-19,30-31H,7,10-14H2,1-4H3,(H,26,33)(H,27,35)(H,28,36)(H,29,37). The summed E-state index contributed by atoms with van der Waals surface area (Å²) in [5.74, 6) is -3.71. The molecular weight excluding hydrogens is 516 g/mol. The summed E-state index contributed by atoms with van der Waals surface area (Å²) in [5, 5.41) is 28.3. The van der Waals surface area contributed by atoms with Gasteiger partial charge >= 0.3 is 12.1 Å². The van der Waals surface area contributed by atoms with Crippen LogP contribution in [0, 0.1) is 0 Å². The van der Waals surface area contributed by atoms with Gasteiger partial charge in [-0.2, -0.15) is 0 Å². The maximum absolute atomic E-state index is 13.0. The first kappa shape index (κ1) is 32.8. The van der Waals surface area contributed by atoms with E-state index in [9.17, 15) is 39.0 Å². The molecule has 0 saturated carbocycles. The van der Waals surface area contributed by atoms with Crippen molar-refractivity contribution in [1.82, 2.24) is 21.3 Å². The molecule has 39 heavy (non-hydrogen) atoms. The number of rotatable bonds is 14. The highest BCUT2D eigenvalue weighted by Gasteiger charge is 2.28. The van der Waals surface area contributed by atoms with E-state index in [4.69, 9.17) is 4.74 Å². The Morgan fingerprint density at radius 1 is 0.897 bits per heavy atom. The van der Waals surface area contributed by atoms with Gasteiger partial charge in [0, 0.05) is 0 Å². The molecule has 216 valence electrons. The molecule has 0 spiro atoms. The average molecular weight is 553 g/mol. The lowest BCUT2D eigenvalue weighted by molar-refractivity contribution is -0.143. The molecule has 6 N–H and O–H groups in total. The molecule has 4 amide bonds. The Morgan fingerprint density at radius 3 is 2.10 bits per heavy atom. The van der Waals surface area contributed by atoms with Crippen LogP contribution in [0.1, 0.15) is 39.2 Å². The molecule has 0 aliphatic rings. The first-order valence-electron chi connectivity index (χ1n) is 12.1. The third-order valence-corrected chi connectivity index (χ3v) is 4.96. The lowest BCUT2D eigenvalue weighted by Crippen LogP contribution is -2.56. The third kappa shape index (κ3) is 13.8. The minimum absolute atomic E-state index is 0.0678. The fraction of sp³-hybridized carbons (Fsp3) is 0.520. The summed E-state index contributed by atoms with van der Waals surface area (Å²) < 4.78 is 9.56. The number of hydrogen-bond acceptors (Lipinski definition) is 10. The number of hydrogen-bond donors (Lipinski definition) is 6. The largest absolute Gasteiger partial charge is 0.508 e. The second-order valence-electron chi connectivity index (χ2n) is 9.43. The molecule has 0 fully saturated rings. The number of nitrogens with one attached hydrogen (secondary N) is 4. The second-order valence-corrected chi connectivity index (χ2v) is 9.43. The monoisotopic (exact) mass is 552 g/mol. The number of aromatic hydroxyl groups is 1. The SMILES string of the molecule is COC(=O)CC(=O)CNC(=O)CNC(=O)C(CO)NC(=O)C(CCc1ccc(O)cc1)NC(=O)OC(C)(C)C. The van der Waals surface area contributed by atoms with Crippen molar-refractivity contribution in [3.63, 3.8) is 0 Å². The van der Waals surface area contributed by atoms with Crippen LogP contribution in [0.4, 0.5) is 4.79 Å². The number of phenolic OH excluding ortho intramolecular Hbond substituents is 1. The fourth-order valence-corrected chi connectivity index (χ4v) is 3.00. The molecule has 0 bridgehead atoms. The Kier molecular flexibility index (Phi) is 13.4. The maximum atomic E-state index is 13.0. The van der Waals surface area contributed by atoms with Crippen LogP contribution >= 0.6 is 0 Å². The predicted octanol–water partition coefficient (Wildman–Crippen LogP) is -0.940. The van der Waals surface area contributed by atoms with Gasteiger partial charge in [-0.3, -0.25) is 24.0 Å². The number of methoxy groups -OCH3 is 1. The predicted molar refractivity (Wildman–Crippen MR) is 136 cm³/mol. The van der Waals surface area contributed by atoms with Crippen molar-refractivity contribution in [1.29, 1.82) is 0 Å². The highest BCUT2D eigenvalue weighted by atomic mass is 16.6. The van der Waals surface area contributed by atoms with Crippen LogP contribution in [0.15, 0.2) is 24.3 Å². The molecule has 14 heteroatoms. The number of esters is 1. The van der Waals surface area contributed by atoms with Gasteiger partial charge < -0.3 is 41.0 Å². The number of Topliss-reactive ketones (excluding diaryl/α,β-unsaturated/α-hetero) is 1. The number of ether oxygens (including phenoxy) is 2. The van der Waals surface area contributed by atoms with Crippen molar-refractivity contribution in [3.05, 3.63) is 29.8 Å². The van der Waals surface area contributed by atoms with Gasteiger partial charge in [0.25, 0.3) is 0 Å². The van der Waals surface area contributed by atoms with Crippen molar-refractivity contribution in [3.8, 4) is 5.75 Å². The summed E-state index contributed by atoms with van der Waals surface area (Å²) in [5.41, 5.74) is -0.0655. The molecule has 0 radical (unpaired) electrons. The molecule has 0 heterocycles. The number of aliphatic hydroxyl groups excluding tert-OH is 1. The van der Waals surface area contributed by atoms with Crippen molar-refractivity contribution in [2.75, 3.05) is 26.8 Å². The summed E-state index contributed by atoms with van der Waals surface area (Å²) in [7, 11) is 1.12. The number of phenols is 1. The number of aryl methyl sites for hydroxylation is 1. The van der Waals surface area contributed by atoms with Gasteiger partial charge in [-0.15, -0.1) is 0 Å². The van der Waals surface area contributed by atoms with E-state index in [2.05, 4.69) is 26.0 Å². The van der Waals surface area contributed by atoms with Crippen LogP contribution in [0.3, 0.4) is 0 Å². The molecule has 14 nitrogen and oxygen atoms in total. The highest BCUT2D eigenvalue weighted by Crippen LogP contribution is 2.13. The maximum Gasteiger partial charge on any atom is 0.408 e. The Labute approximate surface area is 225 Å². The number of carbonyl (C=O) groups is 6. The highest BCUT2D eigenvalue weighted by molar-refractivity contribution is 5.98. The average Bonchev–Trinajstić information content (AvgIpc) is 2.86. The lowest BCUT2D eigenvalue weighted by Gasteiger charge is -2.25. The topological polar surface area (TPSA) is 209 Å². The van der Waals surface area contributed by atoms with Crippen LogP contribution in [-0.2, 0) is 39.9 Å². The summed E-state index contributed by atoms with van der Waals surface area (Å²) in [6, 6.07) is 3.64. The number of benzene rings is 1. The number of ketones is 1. The number of aliphatic hydroxyl groups is 1. The Balaban J connectivity index is 2.74. The lowest BCUT2D eigenvalue weighted by atomic mass is 10.0. The molecule has 0 aliphatic heterocycles. The van der Waals surface area contributed by atoms with Crippen LogP contribution < -0.4 is 21.3 Å². The zero-order chi connectivity index (χ0) is 29.6. The molecule has 1 aromatic rings. The van der Waals surface area contributed by atoms with E-state index < -0.39 is 79.4 Å². The quantitative estimate of drug-likeness (QED) is 0.123. The zero-order valence-corrected chi connectivity index (χ0v) is 22.4. The second kappa shape index (κ2) is 15.9. The number of amides is 4. The Hall–Kier alpha value is -4.20. The van der Waals surface area contributed by atoms with Gasteiger partial charge in [-0.05, 0) is 51.3 Å². The molecule has 0 saturated heterocycles. The minimum Gasteiger partial charge on any atom is -0.508 e. The Morgan fingerprint density at radius 2 is 1.54 bits per heavy atom. The molecule has 0 aliphatic carbocycles. The van der Waals surface area contributed by atoms with E-state index in [-0.39, 0.29) is 12.2 Å². The van der Waals surface area contributed by atoms with Gasteiger partial charge in [0.05, 0.1) is 26.8 Å². The normalized spacial score (nSPS) is 12.3. The third-order valence-electron chi connectivity index (χ3n) is 4.96. The summed E-state index contributed by atoms with van der Waals surface area (Å²) in [4.78, 5) is 72.3. The van der Waals surface area contributed by atoms with Crippen molar-refractivity contribution < 1.29 is 48.5 Å². The summed E-state index contributed by atoms with van der Waals surface area (Å²) >= 11 is 0. The first-order chi connectivity index (χ1) is 18.2. The summed E-state index contributed by atoms with van der Waals surface area (Å²) in [6.07, 6.45) is -0.972. The number of alkyl carbamates (subject to hydrolysis) is 1. The van der Waals surface area contributed by atoms with Gasteiger partial charge in [-0.1, -0.05) is 12.1 Å². The molecule has 0 aromatic heterocycles. The molecule has 2 atom stereocenters. The molecule has 1 aromatic carbocycles. The van der Waals surface area contributed by atoms with Crippen LogP contribution in [0.5, 0.6) is 5.75 Å². The smallest absolute Gasteiger partial charge is 0.408 e. The van der Waals surface area contributed by atoms with E-state index in [1.54, 1.807) is 32.9 Å². The first-order valence-corrected chi connectivity index (χ1v) is 12.1. The molecular formula is C25H36N4O10. The van der Waals surface area contributed by atoms with Crippen LogP contribution in [-0.4, -0.2) is 90.3 Å². The van der Waals surface area contributed by atoms with E-state index in [0.29, 0.717) is 6.42 Å². The number of carbonyl (C=O) groups excluding carboxylic acids is 6. The van der Waals surface area contributed by atoms with Crippen LogP contribution in [0.25, 0.3) is 0 Å². The minimum atomic E-state index is -1.46. The van der Waals surface area contributed by atoms with Gasteiger partial charge in [0.15, 0.2) is 5.78 Å². The van der Waals surface area contributed by atoms with Gasteiger partial charge in [0.1, 0.15) is 29.9 Å². The van der Waals surface area contributed by atoms with Crippen molar-refractivity contribution >= 4 is 35.6 Å². The van der Waals surface area contributed by atoms with Crippen molar-refractivity contribution in [2.45, 2.75) is 57.7 Å². The molecule has 1 rings (SSSR count). The van der Waals surface area contributed by atoms with Gasteiger partial charge in [-0.25, -0.2) is 4.79 Å². The Bertz CT molecular complexity index is 1020. The van der Waals surface area contributed by atoms with E-state index in [1.165, 1.54) is 12.1 Å².